The lowest BCUT2D eigenvalue weighted by molar-refractivity contribution is 0.372. The van der Waals surface area contributed by atoms with Gasteiger partial charge in [0.05, 0.1) is 18.9 Å². The van der Waals surface area contributed by atoms with Crippen molar-refractivity contribution in [2.75, 3.05) is 7.11 Å². The highest BCUT2D eigenvalue weighted by atomic mass is 16.5. The van der Waals surface area contributed by atoms with E-state index in [0.717, 1.165) is 23.3 Å². The normalized spacial score (nSPS) is 17.2. The summed E-state index contributed by atoms with van der Waals surface area (Å²) in [5, 5.41) is 23.3. The largest absolute Gasteiger partial charge is 0.508 e. The van der Waals surface area contributed by atoms with Crippen molar-refractivity contribution in [2.45, 2.75) is 12.5 Å². The molecule has 0 saturated carbocycles. The molecular formula is C16H16N2O3. The molecule has 0 amide bonds. The number of aromatic hydroxyl groups is 2. The Morgan fingerprint density at radius 1 is 1.14 bits per heavy atom. The van der Waals surface area contributed by atoms with Gasteiger partial charge in [0.15, 0.2) is 11.5 Å². The van der Waals surface area contributed by atoms with Gasteiger partial charge in [0, 0.05) is 6.42 Å². The number of phenols is 2. The molecule has 0 spiro atoms. The van der Waals surface area contributed by atoms with Crippen LogP contribution in [0.25, 0.3) is 0 Å². The highest BCUT2D eigenvalue weighted by Crippen LogP contribution is 2.32. The van der Waals surface area contributed by atoms with Crippen LogP contribution < -0.4 is 10.2 Å². The Hall–Kier alpha value is -2.69. The number of ether oxygens (including phenoxy) is 1. The lowest BCUT2D eigenvalue weighted by Crippen LogP contribution is -2.10. The van der Waals surface area contributed by atoms with E-state index in [9.17, 15) is 10.2 Å². The Bertz CT molecular complexity index is 680. The molecule has 3 N–H and O–H groups in total. The van der Waals surface area contributed by atoms with Gasteiger partial charge in [-0.05, 0) is 47.5 Å². The second-order valence-corrected chi connectivity index (χ2v) is 4.92. The van der Waals surface area contributed by atoms with Crippen LogP contribution in [0.15, 0.2) is 47.6 Å². The monoisotopic (exact) mass is 284 g/mol. The summed E-state index contributed by atoms with van der Waals surface area (Å²) < 4.78 is 5.13. The Labute approximate surface area is 122 Å². The lowest BCUT2D eigenvalue weighted by Gasteiger charge is -2.12. The summed E-state index contributed by atoms with van der Waals surface area (Å²) in [7, 11) is 1.53. The van der Waals surface area contributed by atoms with Gasteiger partial charge in [-0.2, -0.15) is 5.10 Å². The van der Waals surface area contributed by atoms with Gasteiger partial charge in [0.25, 0.3) is 0 Å². The molecule has 108 valence electrons. The van der Waals surface area contributed by atoms with Crippen LogP contribution in [0.4, 0.5) is 0 Å². The molecule has 0 aliphatic carbocycles. The summed E-state index contributed by atoms with van der Waals surface area (Å²) >= 11 is 0. The zero-order valence-electron chi connectivity index (χ0n) is 11.6. The highest BCUT2D eigenvalue weighted by molar-refractivity contribution is 6.01. The van der Waals surface area contributed by atoms with E-state index in [1.807, 2.05) is 24.3 Å². The number of methoxy groups -OCH3 is 1. The van der Waals surface area contributed by atoms with Crippen molar-refractivity contribution in [3.05, 3.63) is 53.6 Å². The van der Waals surface area contributed by atoms with Crippen LogP contribution in [0.2, 0.25) is 0 Å². The molecular weight excluding hydrogens is 268 g/mol. The van der Waals surface area contributed by atoms with Crippen molar-refractivity contribution < 1.29 is 14.9 Å². The molecule has 5 nitrogen and oxygen atoms in total. The van der Waals surface area contributed by atoms with Crippen LogP contribution in [0, 0.1) is 0 Å². The van der Waals surface area contributed by atoms with Crippen LogP contribution in [0.1, 0.15) is 23.6 Å². The minimum absolute atomic E-state index is 0.0447. The molecule has 3 rings (SSSR count). The van der Waals surface area contributed by atoms with Crippen molar-refractivity contribution >= 4 is 5.71 Å². The predicted octanol–water partition coefficient (Wildman–Crippen LogP) is 2.55. The van der Waals surface area contributed by atoms with Crippen LogP contribution in [-0.4, -0.2) is 23.0 Å². The van der Waals surface area contributed by atoms with Gasteiger partial charge >= 0.3 is 0 Å². The summed E-state index contributed by atoms with van der Waals surface area (Å²) in [6.07, 6.45) is 0.735. The van der Waals surface area contributed by atoms with Crippen LogP contribution in [-0.2, 0) is 0 Å². The first-order valence-corrected chi connectivity index (χ1v) is 6.66. The van der Waals surface area contributed by atoms with Crippen molar-refractivity contribution in [1.29, 1.82) is 0 Å². The van der Waals surface area contributed by atoms with E-state index >= 15 is 0 Å². The molecule has 1 aliphatic heterocycles. The fraction of sp³-hybridized carbons (Fsp3) is 0.188. The summed E-state index contributed by atoms with van der Waals surface area (Å²) in [6, 6.07) is 12.3. The molecule has 0 unspecified atom stereocenters. The summed E-state index contributed by atoms with van der Waals surface area (Å²) in [6.45, 7) is 0. The van der Waals surface area contributed by atoms with E-state index in [0.29, 0.717) is 5.75 Å². The highest BCUT2D eigenvalue weighted by Gasteiger charge is 2.22. The van der Waals surface area contributed by atoms with Crippen molar-refractivity contribution in [1.82, 2.24) is 5.43 Å². The molecule has 0 saturated heterocycles. The third-order valence-electron chi connectivity index (χ3n) is 3.56. The Morgan fingerprint density at radius 2 is 1.90 bits per heavy atom. The number of rotatable bonds is 3. The first-order chi connectivity index (χ1) is 10.2. The van der Waals surface area contributed by atoms with Crippen molar-refractivity contribution in [3.63, 3.8) is 0 Å². The van der Waals surface area contributed by atoms with Gasteiger partial charge in [-0.15, -0.1) is 0 Å². The first kappa shape index (κ1) is 13.3. The standard InChI is InChI=1S/C16H16N2O3/c1-21-16-8-11(4-7-15(16)20)14-9-13(17-18-14)10-2-5-12(19)6-3-10/h2-8,14,18-20H,9H2,1H3/t14-/m1/s1. The quantitative estimate of drug-likeness (QED) is 0.809. The number of hydrogen-bond donors (Lipinski definition) is 3. The number of phenolic OH excluding ortho intramolecular Hbond substituents is 2. The molecule has 1 atom stereocenters. The first-order valence-electron chi connectivity index (χ1n) is 6.66. The van der Waals surface area contributed by atoms with Gasteiger partial charge in [0.2, 0.25) is 0 Å². The summed E-state index contributed by atoms with van der Waals surface area (Å²) in [5.74, 6) is 0.816. The second kappa shape index (κ2) is 5.36. The van der Waals surface area contributed by atoms with Gasteiger partial charge < -0.3 is 20.4 Å². The van der Waals surface area contributed by atoms with E-state index in [2.05, 4.69) is 10.5 Å². The molecule has 1 aliphatic rings. The topological polar surface area (TPSA) is 74.1 Å². The third kappa shape index (κ3) is 2.63. The SMILES string of the molecule is COc1cc([C@H]2CC(c3ccc(O)cc3)=NN2)ccc1O. The van der Waals surface area contributed by atoms with Crippen molar-refractivity contribution in [2.24, 2.45) is 5.10 Å². The number of nitrogens with one attached hydrogen (secondary N) is 1. The lowest BCUT2D eigenvalue weighted by atomic mass is 9.99. The molecule has 2 aromatic rings. The predicted molar refractivity (Wildman–Crippen MR) is 79.8 cm³/mol. The molecule has 2 aromatic carbocycles. The maximum Gasteiger partial charge on any atom is 0.160 e. The maximum atomic E-state index is 9.64. The minimum Gasteiger partial charge on any atom is -0.508 e. The molecule has 0 bridgehead atoms. The third-order valence-corrected chi connectivity index (χ3v) is 3.56. The van der Waals surface area contributed by atoms with Crippen LogP contribution >= 0.6 is 0 Å². The zero-order chi connectivity index (χ0) is 14.8. The molecule has 0 aromatic heterocycles. The average molecular weight is 284 g/mol. The summed E-state index contributed by atoms with van der Waals surface area (Å²) in [5.41, 5.74) is 6.01. The minimum atomic E-state index is 0.0447. The van der Waals surface area contributed by atoms with Gasteiger partial charge in [-0.3, -0.25) is 0 Å². The van der Waals surface area contributed by atoms with E-state index in [1.165, 1.54) is 7.11 Å². The fourth-order valence-electron chi connectivity index (χ4n) is 2.38. The molecule has 0 radical (unpaired) electrons. The Morgan fingerprint density at radius 3 is 2.62 bits per heavy atom. The van der Waals surface area contributed by atoms with Gasteiger partial charge in [-0.1, -0.05) is 6.07 Å². The maximum absolute atomic E-state index is 9.64. The molecule has 5 heteroatoms. The van der Waals surface area contributed by atoms with E-state index in [4.69, 9.17) is 4.74 Å². The van der Waals surface area contributed by atoms with Crippen LogP contribution in [0.3, 0.4) is 0 Å². The number of hydrazone groups is 1. The van der Waals surface area contributed by atoms with E-state index in [-0.39, 0.29) is 17.5 Å². The molecule has 1 heterocycles. The average Bonchev–Trinajstić information content (AvgIpc) is 2.98. The zero-order valence-corrected chi connectivity index (χ0v) is 11.6. The Balaban J connectivity index is 1.78. The Kier molecular flexibility index (Phi) is 3.39. The van der Waals surface area contributed by atoms with Crippen LogP contribution in [0.5, 0.6) is 17.2 Å². The number of benzene rings is 2. The van der Waals surface area contributed by atoms with Crippen molar-refractivity contribution in [3.8, 4) is 17.2 Å². The second-order valence-electron chi connectivity index (χ2n) is 4.92. The summed E-state index contributed by atoms with van der Waals surface area (Å²) in [4.78, 5) is 0. The number of nitrogens with zero attached hydrogens (tertiary/aromatic N) is 1. The number of hydrogen-bond acceptors (Lipinski definition) is 5. The van der Waals surface area contributed by atoms with E-state index < -0.39 is 0 Å². The fourth-order valence-corrected chi connectivity index (χ4v) is 2.38. The van der Waals surface area contributed by atoms with Gasteiger partial charge in [0.1, 0.15) is 5.75 Å². The molecule has 0 fully saturated rings. The van der Waals surface area contributed by atoms with Gasteiger partial charge in [-0.25, -0.2) is 0 Å². The molecule has 21 heavy (non-hydrogen) atoms. The van der Waals surface area contributed by atoms with E-state index in [1.54, 1.807) is 18.2 Å². The smallest absolute Gasteiger partial charge is 0.160 e.